The van der Waals surface area contributed by atoms with Gasteiger partial charge < -0.3 is 25.5 Å². The first kappa shape index (κ1) is 23.6. The molecule has 0 spiro atoms. The summed E-state index contributed by atoms with van der Waals surface area (Å²) in [7, 11) is 0. The Morgan fingerprint density at radius 3 is 2.34 bits per heavy atom. The van der Waals surface area contributed by atoms with E-state index in [1.165, 1.54) is 13.0 Å². The van der Waals surface area contributed by atoms with Gasteiger partial charge in [-0.05, 0) is 56.5 Å². The highest BCUT2D eigenvalue weighted by molar-refractivity contribution is 5.94. The molecule has 0 aliphatic heterocycles. The van der Waals surface area contributed by atoms with Gasteiger partial charge in [0.25, 0.3) is 0 Å². The van der Waals surface area contributed by atoms with Crippen LogP contribution in [0.25, 0.3) is 0 Å². The number of urea groups is 1. The molecule has 0 radical (unpaired) electrons. The summed E-state index contributed by atoms with van der Waals surface area (Å²) in [4.78, 5) is 23.9. The van der Waals surface area contributed by atoms with Crippen molar-refractivity contribution in [3.8, 4) is 0 Å². The normalized spacial score (nSPS) is 16.7. The Bertz CT molecular complexity index is 954. The quantitative estimate of drug-likeness (QED) is 0.482. The topological polar surface area (TPSA) is 104 Å². The molecule has 0 bridgehead atoms. The zero-order valence-corrected chi connectivity index (χ0v) is 17.8. The number of amides is 3. The van der Waals surface area contributed by atoms with Gasteiger partial charge in [-0.1, -0.05) is 12.1 Å². The summed E-state index contributed by atoms with van der Waals surface area (Å²) in [6.45, 7) is 2.76. The molecule has 174 valence electrons. The molecule has 10 heteroatoms. The van der Waals surface area contributed by atoms with Gasteiger partial charge in [0.15, 0.2) is 0 Å². The summed E-state index contributed by atoms with van der Waals surface area (Å²) in [5, 5.41) is 18.0. The van der Waals surface area contributed by atoms with Crippen molar-refractivity contribution in [1.29, 1.82) is 0 Å². The van der Waals surface area contributed by atoms with E-state index in [0.717, 1.165) is 24.5 Å². The molecule has 2 unspecified atom stereocenters. The molecule has 1 aliphatic carbocycles. The van der Waals surface area contributed by atoms with Crippen LogP contribution in [-0.4, -0.2) is 29.8 Å². The zero-order chi connectivity index (χ0) is 23.5. The second kappa shape index (κ2) is 9.23. The van der Waals surface area contributed by atoms with Gasteiger partial charge in [-0.3, -0.25) is 4.79 Å². The molecular formula is C22H26F3N3O4. The SMILES string of the molecule is Cc1ccc(C(O)(CCNC(=O)NC(C)c2ccc(NC(=O)C3CC3)cc2)C(F)(F)F)o1. The highest BCUT2D eigenvalue weighted by Gasteiger charge is 2.56. The van der Waals surface area contributed by atoms with Gasteiger partial charge in [-0.25, -0.2) is 4.79 Å². The number of aliphatic hydroxyl groups is 1. The number of halogens is 3. The monoisotopic (exact) mass is 453 g/mol. The lowest BCUT2D eigenvalue weighted by molar-refractivity contribution is -0.274. The molecule has 4 N–H and O–H groups in total. The van der Waals surface area contributed by atoms with Crippen molar-refractivity contribution in [2.24, 2.45) is 5.92 Å². The fraction of sp³-hybridized carbons (Fsp3) is 0.455. The predicted octanol–water partition coefficient (Wildman–Crippen LogP) is 4.14. The highest BCUT2D eigenvalue weighted by atomic mass is 19.4. The summed E-state index contributed by atoms with van der Waals surface area (Å²) in [5.74, 6) is -0.301. The van der Waals surface area contributed by atoms with E-state index in [-0.39, 0.29) is 17.6 Å². The molecule has 1 aromatic heterocycles. The largest absolute Gasteiger partial charge is 0.463 e. The number of hydrogen-bond acceptors (Lipinski definition) is 4. The zero-order valence-electron chi connectivity index (χ0n) is 17.8. The maximum atomic E-state index is 13.4. The Kier molecular flexibility index (Phi) is 6.82. The second-order valence-electron chi connectivity index (χ2n) is 8.03. The number of rotatable bonds is 8. The van der Waals surface area contributed by atoms with Gasteiger partial charge in [-0.15, -0.1) is 0 Å². The Morgan fingerprint density at radius 2 is 1.81 bits per heavy atom. The fourth-order valence-electron chi connectivity index (χ4n) is 3.19. The molecule has 7 nitrogen and oxygen atoms in total. The fourth-order valence-corrected chi connectivity index (χ4v) is 3.19. The third-order valence-electron chi connectivity index (χ3n) is 5.36. The van der Waals surface area contributed by atoms with E-state index in [1.54, 1.807) is 31.2 Å². The number of anilines is 1. The molecule has 1 fully saturated rings. The first-order valence-corrected chi connectivity index (χ1v) is 10.3. The molecule has 2 aromatic rings. The van der Waals surface area contributed by atoms with Gasteiger partial charge in [0.2, 0.25) is 11.5 Å². The van der Waals surface area contributed by atoms with Gasteiger partial charge in [-0.2, -0.15) is 13.2 Å². The van der Waals surface area contributed by atoms with Crippen molar-refractivity contribution in [3.05, 3.63) is 53.5 Å². The van der Waals surface area contributed by atoms with Crippen LogP contribution in [0.5, 0.6) is 0 Å². The van der Waals surface area contributed by atoms with Crippen molar-refractivity contribution in [3.63, 3.8) is 0 Å². The van der Waals surface area contributed by atoms with Crippen molar-refractivity contribution in [2.45, 2.75) is 50.9 Å². The number of furan rings is 1. The lowest BCUT2D eigenvalue weighted by Gasteiger charge is -2.28. The highest BCUT2D eigenvalue weighted by Crippen LogP contribution is 2.42. The van der Waals surface area contributed by atoms with E-state index in [2.05, 4.69) is 16.0 Å². The Morgan fingerprint density at radius 1 is 1.16 bits per heavy atom. The maximum Gasteiger partial charge on any atom is 0.424 e. The van der Waals surface area contributed by atoms with Crippen LogP contribution >= 0.6 is 0 Å². The predicted molar refractivity (Wildman–Crippen MR) is 111 cm³/mol. The van der Waals surface area contributed by atoms with Crippen molar-refractivity contribution in [1.82, 2.24) is 10.6 Å². The molecular weight excluding hydrogens is 427 g/mol. The van der Waals surface area contributed by atoms with Crippen LogP contribution in [0.3, 0.4) is 0 Å². The van der Waals surface area contributed by atoms with Crippen LogP contribution in [0.1, 0.15) is 49.3 Å². The third-order valence-corrected chi connectivity index (χ3v) is 5.36. The van der Waals surface area contributed by atoms with Gasteiger partial charge >= 0.3 is 12.2 Å². The third kappa shape index (κ3) is 5.61. The first-order valence-electron chi connectivity index (χ1n) is 10.3. The van der Waals surface area contributed by atoms with Gasteiger partial charge in [0, 0.05) is 24.6 Å². The minimum atomic E-state index is -4.97. The average molecular weight is 453 g/mol. The summed E-state index contributed by atoms with van der Waals surface area (Å²) >= 11 is 0. The molecule has 2 atom stereocenters. The Hall–Kier alpha value is -3.01. The van der Waals surface area contributed by atoms with Crippen LogP contribution < -0.4 is 16.0 Å². The Balaban J connectivity index is 1.50. The van der Waals surface area contributed by atoms with Crippen LogP contribution in [0.2, 0.25) is 0 Å². The summed E-state index contributed by atoms with van der Waals surface area (Å²) < 4.78 is 45.3. The summed E-state index contributed by atoms with van der Waals surface area (Å²) in [6.07, 6.45) is -3.97. The van der Waals surface area contributed by atoms with E-state index in [9.17, 15) is 27.9 Å². The maximum absolute atomic E-state index is 13.4. The van der Waals surface area contributed by atoms with E-state index in [1.807, 2.05) is 0 Å². The van der Waals surface area contributed by atoms with E-state index < -0.39 is 42.6 Å². The van der Waals surface area contributed by atoms with E-state index >= 15 is 0 Å². The molecule has 1 aromatic carbocycles. The molecule has 0 saturated heterocycles. The smallest absolute Gasteiger partial charge is 0.424 e. The number of nitrogens with one attached hydrogen (secondary N) is 3. The molecule has 1 aliphatic rings. The van der Waals surface area contributed by atoms with Crippen molar-refractivity contribution >= 4 is 17.6 Å². The molecule has 1 heterocycles. The molecule has 3 rings (SSSR count). The number of hydrogen-bond donors (Lipinski definition) is 4. The second-order valence-corrected chi connectivity index (χ2v) is 8.03. The molecule has 32 heavy (non-hydrogen) atoms. The first-order chi connectivity index (χ1) is 15.0. The number of aryl methyl sites for hydroxylation is 1. The van der Waals surface area contributed by atoms with Crippen molar-refractivity contribution in [2.75, 3.05) is 11.9 Å². The average Bonchev–Trinajstić information content (AvgIpc) is 3.48. The number of benzene rings is 1. The lowest BCUT2D eigenvalue weighted by atomic mass is 9.96. The summed E-state index contributed by atoms with van der Waals surface area (Å²) in [5.41, 5.74) is -1.80. The molecule has 3 amide bonds. The van der Waals surface area contributed by atoms with Crippen molar-refractivity contribution < 1.29 is 32.3 Å². The Labute approximate surface area is 183 Å². The van der Waals surface area contributed by atoms with Crippen LogP contribution in [0.4, 0.5) is 23.7 Å². The van der Waals surface area contributed by atoms with Crippen LogP contribution in [0, 0.1) is 12.8 Å². The number of carbonyl (C=O) groups is 2. The van der Waals surface area contributed by atoms with E-state index in [0.29, 0.717) is 5.69 Å². The van der Waals surface area contributed by atoms with Gasteiger partial charge in [0.05, 0.1) is 6.04 Å². The van der Waals surface area contributed by atoms with Crippen LogP contribution in [0.15, 0.2) is 40.8 Å². The van der Waals surface area contributed by atoms with Crippen LogP contribution in [-0.2, 0) is 10.4 Å². The van der Waals surface area contributed by atoms with E-state index in [4.69, 9.17) is 4.42 Å². The minimum absolute atomic E-state index is 0.00757. The summed E-state index contributed by atoms with van der Waals surface area (Å²) in [6, 6.07) is 8.23. The molecule has 1 saturated carbocycles. The lowest BCUT2D eigenvalue weighted by Crippen LogP contribution is -2.46. The standard InChI is InChI=1S/C22H26F3N3O4/c1-13-3-10-18(32-13)21(31,22(23,24)25)11-12-26-20(30)27-14(2)15-6-8-17(9-7-15)28-19(29)16-4-5-16/h3,6-10,14,16,31H,4-5,11-12H2,1-2H3,(H,28,29)(H2,26,27,30). The number of carbonyl (C=O) groups excluding carboxylic acids is 2. The van der Waals surface area contributed by atoms with Gasteiger partial charge in [0.1, 0.15) is 11.5 Å². The number of alkyl halides is 3. The minimum Gasteiger partial charge on any atom is -0.463 e.